The second kappa shape index (κ2) is 10.4. The van der Waals surface area contributed by atoms with Gasteiger partial charge in [-0.1, -0.05) is 53.5 Å². The van der Waals surface area contributed by atoms with Crippen LogP contribution in [0.2, 0.25) is 10.0 Å². The van der Waals surface area contributed by atoms with Crippen molar-refractivity contribution < 1.29 is 14.4 Å². The summed E-state index contributed by atoms with van der Waals surface area (Å²) in [6, 6.07) is 20.0. The third-order valence-corrected chi connectivity index (χ3v) is 4.65. The average Bonchev–Trinajstić information content (AvgIpc) is 2.77. The fourth-order valence-corrected chi connectivity index (χ4v) is 3.04. The van der Waals surface area contributed by atoms with Gasteiger partial charge in [-0.05, 0) is 54.1 Å². The molecule has 0 atom stereocenters. The summed E-state index contributed by atoms with van der Waals surface area (Å²) in [7, 11) is 0. The molecule has 0 spiro atoms. The molecule has 0 radical (unpaired) electrons. The standard InChI is InChI=1S/C23H17Cl2N3O3/c24-17-9-12-19(20(25)14-17)23(31)26-18-10-7-16(8-11-18)22(30)28-27-21(29)13-6-15-4-2-1-3-5-15/h1-14H,(H,26,31)(H,27,29)(H,28,30)/b13-6+. The number of anilines is 1. The Balaban J connectivity index is 1.53. The molecule has 0 fully saturated rings. The first-order valence-electron chi connectivity index (χ1n) is 9.12. The van der Waals surface area contributed by atoms with Crippen molar-refractivity contribution in [2.75, 3.05) is 5.32 Å². The Kier molecular flexibility index (Phi) is 7.43. The van der Waals surface area contributed by atoms with Gasteiger partial charge in [-0.15, -0.1) is 0 Å². The lowest BCUT2D eigenvalue weighted by Gasteiger charge is -2.09. The van der Waals surface area contributed by atoms with Gasteiger partial charge in [0.1, 0.15) is 0 Å². The van der Waals surface area contributed by atoms with Crippen LogP contribution in [0.3, 0.4) is 0 Å². The maximum absolute atomic E-state index is 12.3. The molecule has 0 unspecified atom stereocenters. The zero-order valence-electron chi connectivity index (χ0n) is 16.1. The van der Waals surface area contributed by atoms with E-state index >= 15 is 0 Å². The Morgan fingerprint density at radius 1 is 0.774 bits per heavy atom. The van der Waals surface area contributed by atoms with Crippen LogP contribution in [0.25, 0.3) is 6.08 Å². The lowest BCUT2D eigenvalue weighted by Crippen LogP contribution is -2.40. The summed E-state index contributed by atoms with van der Waals surface area (Å²) in [6.45, 7) is 0. The zero-order chi connectivity index (χ0) is 22.2. The normalized spacial score (nSPS) is 10.5. The molecule has 0 aliphatic carbocycles. The highest BCUT2D eigenvalue weighted by Gasteiger charge is 2.12. The van der Waals surface area contributed by atoms with Crippen LogP contribution in [0, 0.1) is 0 Å². The Morgan fingerprint density at radius 2 is 1.48 bits per heavy atom. The Bertz CT molecular complexity index is 1130. The highest BCUT2D eigenvalue weighted by Crippen LogP contribution is 2.22. The second-order valence-electron chi connectivity index (χ2n) is 6.34. The number of benzene rings is 3. The first-order chi connectivity index (χ1) is 14.9. The van der Waals surface area contributed by atoms with E-state index < -0.39 is 17.7 Å². The molecule has 0 saturated heterocycles. The number of hydrogen-bond donors (Lipinski definition) is 3. The van der Waals surface area contributed by atoms with Crippen molar-refractivity contribution in [3.63, 3.8) is 0 Å². The zero-order valence-corrected chi connectivity index (χ0v) is 17.6. The number of amides is 3. The highest BCUT2D eigenvalue weighted by atomic mass is 35.5. The number of rotatable bonds is 5. The van der Waals surface area contributed by atoms with Gasteiger partial charge in [0, 0.05) is 22.3 Å². The van der Waals surface area contributed by atoms with Crippen molar-refractivity contribution in [3.05, 3.63) is 106 Å². The summed E-state index contributed by atoms with van der Waals surface area (Å²) in [5.74, 6) is -1.38. The van der Waals surface area contributed by atoms with Gasteiger partial charge in [-0.3, -0.25) is 25.2 Å². The molecule has 0 aliphatic heterocycles. The fourth-order valence-electron chi connectivity index (χ4n) is 2.55. The van der Waals surface area contributed by atoms with Crippen molar-refractivity contribution in [2.24, 2.45) is 0 Å². The molecule has 156 valence electrons. The summed E-state index contributed by atoms with van der Waals surface area (Å²) in [6.07, 6.45) is 2.95. The van der Waals surface area contributed by atoms with Crippen LogP contribution in [-0.4, -0.2) is 17.7 Å². The molecule has 8 heteroatoms. The van der Waals surface area contributed by atoms with Gasteiger partial charge >= 0.3 is 0 Å². The summed E-state index contributed by atoms with van der Waals surface area (Å²) < 4.78 is 0. The predicted octanol–water partition coefficient (Wildman–Crippen LogP) is 4.72. The van der Waals surface area contributed by atoms with Crippen molar-refractivity contribution >= 4 is 52.7 Å². The van der Waals surface area contributed by atoms with E-state index in [2.05, 4.69) is 16.2 Å². The largest absolute Gasteiger partial charge is 0.322 e. The summed E-state index contributed by atoms with van der Waals surface area (Å²) in [4.78, 5) is 36.4. The SMILES string of the molecule is O=C(/C=C/c1ccccc1)NNC(=O)c1ccc(NC(=O)c2ccc(Cl)cc2Cl)cc1. The van der Waals surface area contributed by atoms with Gasteiger partial charge in [0.25, 0.3) is 17.7 Å². The van der Waals surface area contributed by atoms with E-state index in [0.717, 1.165) is 5.56 Å². The molecule has 0 aliphatic rings. The van der Waals surface area contributed by atoms with Gasteiger partial charge in [-0.2, -0.15) is 0 Å². The maximum Gasteiger partial charge on any atom is 0.269 e. The van der Waals surface area contributed by atoms with Crippen LogP contribution >= 0.6 is 23.2 Å². The first kappa shape index (κ1) is 22.1. The number of carbonyl (C=O) groups excluding carboxylic acids is 3. The van der Waals surface area contributed by atoms with E-state index in [4.69, 9.17) is 23.2 Å². The lowest BCUT2D eigenvalue weighted by atomic mass is 10.1. The van der Waals surface area contributed by atoms with E-state index in [-0.39, 0.29) is 10.6 Å². The molecule has 3 aromatic carbocycles. The molecule has 3 rings (SSSR count). The quantitative estimate of drug-likeness (QED) is 0.385. The maximum atomic E-state index is 12.3. The Morgan fingerprint density at radius 3 is 2.16 bits per heavy atom. The molecule has 31 heavy (non-hydrogen) atoms. The lowest BCUT2D eigenvalue weighted by molar-refractivity contribution is -0.117. The molecular weight excluding hydrogens is 437 g/mol. The minimum absolute atomic E-state index is 0.234. The topological polar surface area (TPSA) is 87.3 Å². The van der Waals surface area contributed by atoms with E-state index in [0.29, 0.717) is 16.3 Å². The molecule has 0 aromatic heterocycles. The minimum atomic E-state index is -0.500. The second-order valence-corrected chi connectivity index (χ2v) is 7.19. The third kappa shape index (κ3) is 6.44. The summed E-state index contributed by atoms with van der Waals surface area (Å²) in [5.41, 5.74) is 6.55. The molecule has 0 bridgehead atoms. The van der Waals surface area contributed by atoms with Crippen LogP contribution in [0.5, 0.6) is 0 Å². The third-order valence-electron chi connectivity index (χ3n) is 4.11. The summed E-state index contributed by atoms with van der Waals surface area (Å²) in [5, 5.41) is 3.35. The monoisotopic (exact) mass is 453 g/mol. The van der Waals surface area contributed by atoms with E-state index in [1.54, 1.807) is 24.3 Å². The average molecular weight is 454 g/mol. The van der Waals surface area contributed by atoms with Crippen molar-refractivity contribution in [1.82, 2.24) is 10.9 Å². The van der Waals surface area contributed by atoms with Gasteiger partial charge in [-0.25, -0.2) is 0 Å². The molecular formula is C23H17Cl2N3O3. The van der Waals surface area contributed by atoms with Gasteiger partial charge in [0.05, 0.1) is 10.6 Å². The van der Waals surface area contributed by atoms with Crippen LogP contribution in [0.15, 0.2) is 78.9 Å². The van der Waals surface area contributed by atoms with Gasteiger partial charge in [0.2, 0.25) is 0 Å². The smallest absolute Gasteiger partial charge is 0.269 e. The van der Waals surface area contributed by atoms with Gasteiger partial charge < -0.3 is 5.32 Å². The number of hydrazine groups is 1. The van der Waals surface area contributed by atoms with E-state index in [1.165, 1.54) is 30.3 Å². The van der Waals surface area contributed by atoms with E-state index in [9.17, 15) is 14.4 Å². The fraction of sp³-hybridized carbons (Fsp3) is 0. The predicted molar refractivity (Wildman–Crippen MR) is 122 cm³/mol. The number of carbonyl (C=O) groups is 3. The number of nitrogens with one attached hydrogen (secondary N) is 3. The molecule has 3 amide bonds. The number of halogens is 2. The van der Waals surface area contributed by atoms with Crippen molar-refractivity contribution in [1.29, 1.82) is 0 Å². The van der Waals surface area contributed by atoms with Crippen molar-refractivity contribution in [3.8, 4) is 0 Å². The molecule has 3 aromatic rings. The van der Waals surface area contributed by atoms with Crippen molar-refractivity contribution in [2.45, 2.75) is 0 Å². The van der Waals surface area contributed by atoms with Crippen LogP contribution in [-0.2, 0) is 4.79 Å². The number of hydrogen-bond acceptors (Lipinski definition) is 3. The molecule has 0 saturated carbocycles. The highest BCUT2D eigenvalue weighted by molar-refractivity contribution is 6.37. The molecule has 0 heterocycles. The van der Waals surface area contributed by atoms with Crippen LogP contribution < -0.4 is 16.2 Å². The summed E-state index contributed by atoms with van der Waals surface area (Å²) >= 11 is 11.9. The first-order valence-corrected chi connectivity index (χ1v) is 9.88. The minimum Gasteiger partial charge on any atom is -0.322 e. The van der Waals surface area contributed by atoms with Crippen LogP contribution in [0.4, 0.5) is 5.69 Å². The Hall–Kier alpha value is -3.61. The molecule has 3 N–H and O–H groups in total. The van der Waals surface area contributed by atoms with Crippen LogP contribution in [0.1, 0.15) is 26.3 Å². The molecule has 6 nitrogen and oxygen atoms in total. The Labute approximate surface area is 188 Å². The van der Waals surface area contributed by atoms with E-state index in [1.807, 2.05) is 30.3 Å². The van der Waals surface area contributed by atoms with Gasteiger partial charge in [0.15, 0.2) is 0 Å².